The van der Waals surface area contributed by atoms with E-state index in [1.807, 2.05) is 0 Å². The van der Waals surface area contributed by atoms with Crippen molar-refractivity contribution in [3.05, 3.63) is 15.9 Å². The first-order chi connectivity index (χ1) is 9.63. The summed E-state index contributed by atoms with van der Waals surface area (Å²) >= 11 is 3.74. The van der Waals surface area contributed by atoms with Gasteiger partial charge in [0.2, 0.25) is 0 Å². The molecule has 1 aromatic rings. The summed E-state index contributed by atoms with van der Waals surface area (Å²) in [6.07, 6.45) is 5.23. The van der Waals surface area contributed by atoms with Crippen LogP contribution in [0.4, 0.5) is 0 Å². The van der Waals surface area contributed by atoms with Crippen LogP contribution in [0.5, 0.6) is 0 Å². The second-order valence-corrected chi connectivity index (χ2v) is 6.85. The number of fused-ring (bicyclic) bond motifs is 2. The number of aliphatic hydroxyl groups is 1. The molecule has 2 fully saturated rings. The van der Waals surface area contributed by atoms with Gasteiger partial charge in [0, 0.05) is 25.2 Å². The number of aliphatic hydroxyl groups excluding tert-OH is 1. The minimum absolute atomic E-state index is 0.0884. The highest BCUT2D eigenvalue weighted by atomic mass is 79.9. The molecule has 2 unspecified atom stereocenters. The Balaban J connectivity index is 1.83. The molecular formula is C15H24BrN3O. The first-order valence-electron chi connectivity index (χ1n) is 7.81. The Morgan fingerprint density at radius 3 is 2.45 bits per heavy atom. The van der Waals surface area contributed by atoms with Gasteiger partial charge in [-0.05, 0) is 55.0 Å². The van der Waals surface area contributed by atoms with E-state index in [0.717, 1.165) is 38.0 Å². The summed E-state index contributed by atoms with van der Waals surface area (Å²) in [6.45, 7) is 6.18. The van der Waals surface area contributed by atoms with E-state index in [1.165, 1.54) is 23.0 Å². The van der Waals surface area contributed by atoms with Gasteiger partial charge in [-0.15, -0.1) is 0 Å². The van der Waals surface area contributed by atoms with E-state index in [4.69, 9.17) is 5.10 Å². The maximum Gasteiger partial charge on any atom is 0.0767 e. The summed E-state index contributed by atoms with van der Waals surface area (Å²) in [5.74, 6) is 0. The topological polar surface area (TPSA) is 41.3 Å². The van der Waals surface area contributed by atoms with E-state index in [9.17, 15) is 5.11 Å². The molecule has 2 bridgehead atoms. The molecule has 20 heavy (non-hydrogen) atoms. The molecule has 0 spiro atoms. The van der Waals surface area contributed by atoms with Crippen LogP contribution in [-0.4, -0.2) is 38.0 Å². The molecule has 0 aromatic carbocycles. The van der Waals surface area contributed by atoms with Gasteiger partial charge in [-0.2, -0.15) is 5.10 Å². The van der Waals surface area contributed by atoms with Gasteiger partial charge in [-0.1, -0.05) is 6.92 Å². The Morgan fingerprint density at radius 1 is 1.25 bits per heavy atom. The molecule has 1 aromatic heterocycles. The van der Waals surface area contributed by atoms with E-state index in [-0.39, 0.29) is 6.10 Å². The van der Waals surface area contributed by atoms with E-state index in [0.29, 0.717) is 12.1 Å². The van der Waals surface area contributed by atoms with Crippen LogP contribution in [0.2, 0.25) is 0 Å². The second-order valence-electron chi connectivity index (χ2n) is 6.06. The van der Waals surface area contributed by atoms with Crippen LogP contribution < -0.4 is 0 Å². The van der Waals surface area contributed by atoms with Crippen LogP contribution >= 0.6 is 15.9 Å². The molecule has 0 saturated carbocycles. The average Bonchev–Trinajstić information content (AvgIpc) is 2.86. The smallest absolute Gasteiger partial charge is 0.0767 e. The fourth-order valence-corrected chi connectivity index (χ4v) is 4.53. The van der Waals surface area contributed by atoms with Gasteiger partial charge >= 0.3 is 0 Å². The fourth-order valence-electron chi connectivity index (χ4n) is 3.84. The largest absolute Gasteiger partial charge is 0.393 e. The van der Waals surface area contributed by atoms with Crippen LogP contribution in [0.15, 0.2) is 4.47 Å². The Morgan fingerprint density at radius 2 is 1.90 bits per heavy atom. The molecule has 2 saturated heterocycles. The van der Waals surface area contributed by atoms with Crippen LogP contribution in [-0.2, 0) is 19.5 Å². The highest BCUT2D eigenvalue weighted by Crippen LogP contribution is 2.38. The zero-order valence-electron chi connectivity index (χ0n) is 12.3. The predicted molar refractivity (Wildman–Crippen MR) is 82.6 cm³/mol. The van der Waals surface area contributed by atoms with Crippen molar-refractivity contribution in [2.75, 3.05) is 0 Å². The van der Waals surface area contributed by atoms with Crippen LogP contribution in [0, 0.1) is 0 Å². The van der Waals surface area contributed by atoms with Crippen molar-refractivity contribution < 1.29 is 5.11 Å². The molecule has 2 aliphatic rings. The first kappa shape index (κ1) is 14.5. The van der Waals surface area contributed by atoms with Crippen molar-refractivity contribution in [1.82, 2.24) is 14.7 Å². The summed E-state index contributed by atoms with van der Waals surface area (Å²) in [6, 6.07) is 1.11. The summed E-state index contributed by atoms with van der Waals surface area (Å²) in [4.78, 5) is 2.60. The number of aromatic nitrogens is 2. The molecule has 0 radical (unpaired) electrons. The summed E-state index contributed by atoms with van der Waals surface area (Å²) < 4.78 is 3.32. The quantitative estimate of drug-likeness (QED) is 0.915. The Hall–Kier alpha value is -0.390. The van der Waals surface area contributed by atoms with Gasteiger partial charge in [0.1, 0.15) is 0 Å². The lowest BCUT2D eigenvalue weighted by Crippen LogP contribution is -2.44. The number of halogens is 1. The SMILES string of the molecule is CCc1nn(CC)c(CN2C3CCC2CC(O)C3)c1Br. The highest BCUT2D eigenvalue weighted by Gasteiger charge is 2.40. The van der Waals surface area contributed by atoms with Gasteiger partial charge in [0.25, 0.3) is 0 Å². The number of aryl methyl sites for hydroxylation is 2. The monoisotopic (exact) mass is 341 g/mol. The van der Waals surface area contributed by atoms with Crippen molar-refractivity contribution in [2.45, 2.75) is 77.2 Å². The van der Waals surface area contributed by atoms with Gasteiger partial charge < -0.3 is 5.11 Å². The Labute approximate surface area is 129 Å². The van der Waals surface area contributed by atoms with E-state index >= 15 is 0 Å². The molecule has 0 amide bonds. The number of rotatable bonds is 4. The lowest BCUT2D eigenvalue weighted by atomic mass is 10.00. The minimum Gasteiger partial charge on any atom is -0.393 e. The third kappa shape index (κ3) is 2.44. The van der Waals surface area contributed by atoms with Crippen molar-refractivity contribution in [3.63, 3.8) is 0 Å². The van der Waals surface area contributed by atoms with E-state index in [1.54, 1.807) is 0 Å². The van der Waals surface area contributed by atoms with Gasteiger partial charge in [-0.3, -0.25) is 9.58 Å². The Bertz CT molecular complexity index is 474. The van der Waals surface area contributed by atoms with Crippen molar-refractivity contribution in [1.29, 1.82) is 0 Å². The Kier molecular flexibility index (Phi) is 4.20. The normalized spacial score (nSPS) is 30.1. The van der Waals surface area contributed by atoms with Crippen molar-refractivity contribution >= 4 is 15.9 Å². The number of piperidine rings is 1. The molecular weight excluding hydrogens is 318 g/mol. The molecule has 1 N–H and O–H groups in total. The zero-order chi connectivity index (χ0) is 14.3. The minimum atomic E-state index is -0.0884. The van der Waals surface area contributed by atoms with Crippen LogP contribution in [0.25, 0.3) is 0 Å². The van der Waals surface area contributed by atoms with Crippen LogP contribution in [0.3, 0.4) is 0 Å². The van der Waals surface area contributed by atoms with E-state index < -0.39 is 0 Å². The lowest BCUT2D eigenvalue weighted by Gasteiger charge is -2.37. The van der Waals surface area contributed by atoms with Gasteiger partial charge in [0.15, 0.2) is 0 Å². The molecule has 3 rings (SSSR count). The maximum absolute atomic E-state index is 9.92. The van der Waals surface area contributed by atoms with E-state index in [2.05, 4.69) is 39.4 Å². The molecule has 2 atom stereocenters. The standard InChI is InChI=1S/C15H24BrN3O/c1-3-13-15(16)14(19(4-2)17-13)9-18-10-5-6-11(18)8-12(20)7-10/h10-12,20H,3-9H2,1-2H3. The molecule has 2 aliphatic heterocycles. The average molecular weight is 342 g/mol. The fraction of sp³-hybridized carbons (Fsp3) is 0.800. The third-order valence-corrected chi connectivity index (χ3v) is 5.80. The van der Waals surface area contributed by atoms with Gasteiger partial charge in [0.05, 0.1) is 22.0 Å². The van der Waals surface area contributed by atoms with Crippen LogP contribution in [0.1, 0.15) is 50.9 Å². The maximum atomic E-state index is 9.92. The van der Waals surface area contributed by atoms with Crippen molar-refractivity contribution in [2.24, 2.45) is 0 Å². The summed E-state index contributed by atoms with van der Waals surface area (Å²) in [7, 11) is 0. The molecule has 3 heterocycles. The molecule has 4 nitrogen and oxygen atoms in total. The second kappa shape index (κ2) is 5.78. The molecule has 112 valence electrons. The van der Waals surface area contributed by atoms with Gasteiger partial charge in [-0.25, -0.2) is 0 Å². The van der Waals surface area contributed by atoms with Crippen molar-refractivity contribution in [3.8, 4) is 0 Å². The predicted octanol–water partition coefficient (Wildman–Crippen LogP) is 2.72. The number of hydrogen-bond acceptors (Lipinski definition) is 3. The zero-order valence-corrected chi connectivity index (χ0v) is 13.9. The summed E-state index contributed by atoms with van der Waals surface area (Å²) in [5.41, 5.74) is 2.46. The first-order valence-corrected chi connectivity index (χ1v) is 8.61. The highest BCUT2D eigenvalue weighted by molar-refractivity contribution is 9.10. The summed E-state index contributed by atoms with van der Waals surface area (Å²) in [5, 5.41) is 14.6. The lowest BCUT2D eigenvalue weighted by molar-refractivity contribution is 0.0295. The number of hydrogen-bond donors (Lipinski definition) is 1. The number of nitrogens with zero attached hydrogens (tertiary/aromatic N) is 3. The molecule has 0 aliphatic carbocycles. The molecule has 5 heteroatoms. The third-order valence-electron chi connectivity index (χ3n) is 4.89.